The van der Waals surface area contributed by atoms with Crippen LogP contribution < -0.4 is 0 Å². The van der Waals surface area contributed by atoms with Crippen LogP contribution in [0.25, 0.3) is 0 Å². The molecule has 1 aromatic heterocycles. The van der Waals surface area contributed by atoms with Crippen molar-refractivity contribution in [2.45, 2.75) is 63.1 Å². The molecular weight excluding hydrogens is 542 g/mol. The molecule has 9 nitrogen and oxygen atoms in total. The highest BCUT2D eigenvalue weighted by atomic mass is 19.4. The number of aliphatic carboxylic acids is 2. The predicted octanol–water partition coefficient (Wildman–Crippen LogP) is 4.16. The summed E-state index contributed by atoms with van der Waals surface area (Å²) in [6.45, 7) is 9.84. The molecule has 3 heterocycles. The molecule has 0 unspecified atom stereocenters. The van der Waals surface area contributed by atoms with Crippen molar-refractivity contribution in [2.24, 2.45) is 0 Å². The summed E-state index contributed by atoms with van der Waals surface area (Å²) >= 11 is 0. The zero-order valence-electron chi connectivity index (χ0n) is 22.3. The van der Waals surface area contributed by atoms with Crippen molar-refractivity contribution in [2.75, 3.05) is 53.5 Å². The summed E-state index contributed by atoms with van der Waals surface area (Å²) in [5.41, 5.74) is -0.109. The summed E-state index contributed by atoms with van der Waals surface area (Å²) in [5, 5.41) is 14.2. The van der Waals surface area contributed by atoms with Gasteiger partial charge < -0.3 is 29.0 Å². The molecule has 3 atom stereocenters. The fraction of sp³-hybridized carbons (Fsp3) is 0.750. The van der Waals surface area contributed by atoms with Gasteiger partial charge in [0.1, 0.15) is 17.1 Å². The highest BCUT2D eigenvalue weighted by Gasteiger charge is 2.43. The normalized spacial score (nSPS) is 22.9. The minimum Gasteiger partial charge on any atom is -0.475 e. The molecule has 0 aromatic carbocycles. The molecule has 1 spiro atoms. The number of hydrogen-bond acceptors (Lipinski definition) is 7. The van der Waals surface area contributed by atoms with Gasteiger partial charge in [0, 0.05) is 25.6 Å². The molecule has 2 N–H and O–H groups in total. The van der Waals surface area contributed by atoms with Gasteiger partial charge in [-0.3, -0.25) is 4.90 Å². The van der Waals surface area contributed by atoms with Crippen molar-refractivity contribution in [3.63, 3.8) is 0 Å². The molecule has 2 fully saturated rings. The van der Waals surface area contributed by atoms with Gasteiger partial charge in [-0.05, 0) is 59.0 Å². The molecule has 0 bridgehead atoms. The van der Waals surface area contributed by atoms with E-state index in [9.17, 15) is 26.3 Å². The van der Waals surface area contributed by atoms with Crippen LogP contribution in [0, 0.1) is 6.92 Å². The van der Waals surface area contributed by atoms with E-state index in [0.29, 0.717) is 12.0 Å². The number of alkyl halides is 6. The molecule has 39 heavy (non-hydrogen) atoms. The molecule has 1 aromatic rings. The molecule has 3 rings (SSSR count). The quantitative estimate of drug-likeness (QED) is 0.481. The smallest absolute Gasteiger partial charge is 0.475 e. The van der Waals surface area contributed by atoms with Crippen molar-refractivity contribution >= 4 is 11.9 Å². The topological polar surface area (TPSA) is 113 Å². The third-order valence-electron chi connectivity index (χ3n) is 5.95. The van der Waals surface area contributed by atoms with Crippen LogP contribution in [-0.4, -0.2) is 109 Å². The second kappa shape index (κ2) is 14.9. The maximum absolute atomic E-state index is 10.6. The maximum Gasteiger partial charge on any atom is 0.490 e. The van der Waals surface area contributed by atoms with E-state index in [1.807, 2.05) is 6.92 Å². The molecule has 0 saturated carbocycles. The molecule has 15 heteroatoms. The Morgan fingerprint density at radius 1 is 1.13 bits per heavy atom. The molecule has 2 aliphatic rings. The lowest BCUT2D eigenvalue weighted by atomic mass is 9.99. The zero-order valence-corrected chi connectivity index (χ0v) is 22.3. The summed E-state index contributed by atoms with van der Waals surface area (Å²) in [5.74, 6) is -2.98. The van der Waals surface area contributed by atoms with Gasteiger partial charge in [-0.15, -0.1) is 0 Å². The van der Waals surface area contributed by atoms with Crippen LogP contribution in [0.4, 0.5) is 26.3 Å². The van der Waals surface area contributed by atoms with Gasteiger partial charge in [-0.2, -0.15) is 26.3 Å². The van der Waals surface area contributed by atoms with Crippen molar-refractivity contribution in [1.82, 2.24) is 9.80 Å². The summed E-state index contributed by atoms with van der Waals surface area (Å²) < 4.78 is 81.6. The van der Waals surface area contributed by atoms with E-state index in [-0.39, 0.29) is 5.60 Å². The second-order valence-electron chi connectivity index (χ2n) is 9.80. The first-order valence-corrected chi connectivity index (χ1v) is 12.1. The number of ether oxygens (including phenoxy) is 2. The SMILES string of the molecule is Cc1ccc([C@@H](C)CCN2CCOC[C@]3(CC[C@H](CN(C)C)O3)C2)o1.O=C(O)C(F)(F)F.O=C(O)C(F)(F)F. The van der Waals surface area contributed by atoms with Crippen LogP contribution in [0.2, 0.25) is 0 Å². The molecule has 0 amide bonds. The number of halogens is 6. The predicted molar refractivity (Wildman–Crippen MR) is 127 cm³/mol. The standard InChI is InChI=1S/C20H34N2O3.2C2HF3O2/c1-16(19-6-5-17(2)24-19)8-10-22-11-12-23-15-20(14-22)9-7-18(25-20)13-21(3)4;2*3-2(4,5)1(6)7/h5-6,16,18H,7-15H2,1-4H3;2*(H,6,7)/t16-,18+,20-;;/m0../s1. The third-order valence-corrected chi connectivity index (χ3v) is 5.95. The highest BCUT2D eigenvalue weighted by molar-refractivity contribution is 5.73. The van der Waals surface area contributed by atoms with Crippen LogP contribution in [-0.2, 0) is 19.1 Å². The molecule has 2 aliphatic heterocycles. The van der Waals surface area contributed by atoms with Crippen molar-refractivity contribution < 1.29 is 60.0 Å². The Kier molecular flexibility index (Phi) is 13.2. The van der Waals surface area contributed by atoms with Crippen molar-refractivity contribution in [1.29, 1.82) is 0 Å². The Labute approximate surface area is 222 Å². The van der Waals surface area contributed by atoms with E-state index in [2.05, 4.69) is 43.0 Å². The lowest BCUT2D eigenvalue weighted by molar-refractivity contribution is -0.193. The fourth-order valence-electron chi connectivity index (χ4n) is 4.07. The van der Waals surface area contributed by atoms with Gasteiger partial charge >= 0.3 is 24.3 Å². The zero-order chi connectivity index (χ0) is 30.0. The average molecular weight is 579 g/mol. The van der Waals surface area contributed by atoms with Crippen LogP contribution in [0.5, 0.6) is 0 Å². The number of rotatable bonds is 6. The van der Waals surface area contributed by atoms with Gasteiger partial charge in [-0.25, -0.2) is 9.59 Å². The first-order chi connectivity index (χ1) is 17.8. The van der Waals surface area contributed by atoms with E-state index >= 15 is 0 Å². The number of carboxylic acid groups (broad SMARTS) is 2. The van der Waals surface area contributed by atoms with Gasteiger partial charge in [0.25, 0.3) is 0 Å². The molecule has 0 radical (unpaired) electrons. The number of aryl methyl sites for hydroxylation is 1. The highest BCUT2D eigenvalue weighted by Crippen LogP contribution is 2.33. The van der Waals surface area contributed by atoms with Gasteiger partial charge in [0.15, 0.2) is 0 Å². The number of nitrogens with zero attached hydrogens (tertiary/aromatic N) is 2. The van der Waals surface area contributed by atoms with E-state index < -0.39 is 24.3 Å². The number of carboxylic acids is 2. The Balaban J connectivity index is 0.000000449. The summed E-state index contributed by atoms with van der Waals surface area (Å²) in [6.07, 6.45) is -6.49. The van der Waals surface area contributed by atoms with Crippen molar-refractivity contribution in [3.05, 3.63) is 23.7 Å². The Morgan fingerprint density at radius 2 is 1.69 bits per heavy atom. The van der Waals surface area contributed by atoms with Gasteiger partial charge in [0.2, 0.25) is 0 Å². The third kappa shape index (κ3) is 13.0. The van der Waals surface area contributed by atoms with Gasteiger partial charge in [-0.1, -0.05) is 6.92 Å². The number of hydrogen-bond donors (Lipinski definition) is 2. The molecule has 2 saturated heterocycles. The largest absolute Gasteiger partial charge is 0.490 e. The molecule has 226 valence electrons. The van der Waals surface area contributed by atoms with E-state index in [1.165, 1.54) is 0 Å². The van der Waals surface area contributed by atoms with Gasteiger partial charge in [0.05, 0.1) is 19.3 Å². The number of likely N-dealkylation sites (N-methyl/N-ethyl adjacent to an activating group) is 1. The lowest BCUT2D eigenvalue weighted by Crippen LogP contribution is -2.45. The monoisotopic (exact) mass is 578 g/mol. The van der Waals surface area contributed by atoms with Crippen LogP contribution >= 0.6 is 0 Å². The first kappa shape index (κ1) is 34.7. The minimum atomic E-state index is -5.08. The lowest BCUT2D eigenvalue weighted by Gasteiger charge is -2.32. The second-order valence-corrected chi connectivity index (χ2v) is 9.80. The average Bonchev–Trinajstić information content (AvgIpc) is 3.33. The number of furan rings is 1. The summed E-state index contributed by atoms with van der Waals surface area (Å²) in [6, 6.07) is 4.16. The maximum atomic E-state index is 10.6. The minimum absolute atomic E-state index is 0.109. The Bertz CT molecular complexity index is 882. The number of carbonyl (C=O) groups is 2. The van der Waals surface area contributed by atoms with E-state index in [4.69, 9.17) is 33.7 Å². The molecular formula is C24H36F6N2O7. The summed E-state index contributed by atoms with van der Waals surface area (Å²) in [4.78, 5) is 22.5. The van der Waals surface area contributed by atoms with Crippen molar-refractivity contribution in [3.8, 4) is 0 Å². The van der Waals surface area contributed by atoms with Crippen LogP contribution in [0.15, 0.2) is 16.5 Å². The van der Waals surface area contributed by atoms with Crippen LogP contribution in [0.1, 0.15) is 43.6 Å². The Morgan fingerprint density at radius 3 is 2.15 bits per heavy atom. The molecule has 0 aliphatic carbocycles. The Hall–Kier alpha value is -2.36. The first-order valence-electron chi connectivity index (χ1n) is 12.1. The van der Waals surface area contributed by atoms with E-state index in [1.54, 1.807) is 0 Å². The van der Waals surface area contributed by atoms with E-state index in [0.717, 1.165) is 70.2 Å². The van der Waals surface area contributed by atoms with Crippen LogP contribution in [0.3, 0.4) is 0 Å². The summed E-state index contributed by atoms with van der Waals surface area (Å²) in [7, 11) is 4.23. The fourth-order valence-corrected chi connectivity index (χ4v) is 4.07.